The number of carbonyl (C=O) groups excluding carboxylic acids is 1. The molecule has 0 spiro atoms. The van der Waals surface area contributed by atoms with Gasteiger partial charge in [-0.05, 0) is 12.3 Å². The Morgan fingerprint density at radius 3 is 2.67 bits per heavy atom. The smallest absolute Gasteiger partial charge is 0.217 e. The van der Waals surface area contributed by atoms with Gasteiger partial charge in [0.1, 0.15) is 0 Å². The van der Waals surface area contributed by atoms with E-state index in [9.17, 15) is 4.79 Å². The van der Waals surface area contributed by atoms with E-state index in [0.29, 0.717) is 12.3 Å². The summed E-state index contributed by atoms with van der Waals surface area (Å²) in [6, 6.07) is 0. The van der Waals surface area contributed by atoms with Crippen LogP contribution in [0.15, 0.2) is 0 Å². The van der Waals surface area contributed by atoms with E-state index in [0.717, 1.165) is 11.8 Å². The summed E-state index contributed by atoms with van der Waals surface area (Å²) < 4.78 is 0. The summed E-state index contributed by atoms with van der Waals surface area (Å²) in [5.41, 5.74) is 4.94. The van der Waals surface area contributed by atoms with Crippen molar-refractivity contribution >= 4 is 21.8 Å². The maximum absolute atomic E-state index is 10.2. The van der Waals surface area contributed by atoms with Gasteiger partial charge in [-0.1, -0.05) is 22.9 Å². The van der Waals surface area contributed by atoms with Crippen LogP contribution in [-0.2, 0) is 4.79 Å². The van der Waals surface area contributed by atoms with Gasteiger partial charge in [-0.25, -0.2) is 0 Å². The van der Waals surface area contributed by atoms with Gasteiger partial charge in [0.25, 0.3) is 0 Å². The van der Waals surface area contributed by atoms with E-state index < -0.39 is 0 Å². The minimum atomic E-state index is -0.206. The van der Waals surface area contributed by atoms with Crippen LogP contribution >= 0.6 is 15.9 Å². The lowest BCUT2D eigenvalue weighted by atomic mass is 10.1. The minimum Gasteiger partial charge on any atom is -0.370 e. The van der Waals surface area contributed by atoms with Crippen molar-refractivity contribution in [2.24, 2.45) is 11.7 Å². The fourth-order valence-corrected chi connectivity index (χ4v) is 0.790. The van der Waals surface area contributed by atoms with Crippen LogP contribution in [0.25, 0.3) is 0 Å². The molecule has 0 heterocycles. The Bertz CT molecular complexity index is 95.1. The molecule has 0 aromatic carbocycles. The molecule has 1 unspecified atom stereocenters. The van der Waals surface area contributed by atoms with Crippen LogP contribution in [0.4, 0.5) is 0 Å². The van der Waals surface area contributed by atoms with E-state index in [4.69, 9.17) is 5.73 Å². The first-order valence-electron chi connectivity index (χ1n) is 3.01. The fourth-order valence-electron chi connectivity index (χ4n) is 0.466. The molecule has 0 radical (unpaired) electrons. The quantitative estimate of drug-likeness (QED) is 0.673. The van der Waals surface area contributed by atoms with E-state index in [1.165, 1.54) is 0 Å². The van der Waals surface area contributed by atoms with Crippen molar-refractivity contribution in [2.45, 2.75) is 19.8 Å². The molecule has 0 aliphatic heterocycles. The highest BCUT2D eigenvalue weighted by Gasteiger charge is 2.00. The number of amides is 1. The van der Waals surface area contributed by atoms with Gasteiger partial charge in [0, 0.05) is 11.8 Å². The molecule has 0 aliphatic rings. The largest absolute Gasteiger partial charge is 0.370 e. The zero-order valence-electron chi connectivity index (χ0n) is 5.56. The van der Waals surface area contributed by atoms with Crippen LogP contribution in [0.1, 0.15) is 19.8 Å². The molecule has 0 aromatic rings. The van der Waals surface area contributed by atoms with Crippen molar-refractivity contribution in [3.05, 3.63) is 0 Å². The maximum Gasteiger partial charge on any atom is 0.217 e. The van der Waals surface area contributed by atoms with Crippen molar-refractivity contribution in [3.63, 3.8) is 0 Å². The van der Waals surface area contributed by atoms with Crippen molar-refractivity contribution in [1.29, 1.82) is 0 Å². The van der Waals surface area contributed by atoms with Gasteiger partial charge in [0.15, 0.2) is 0 Å². The Morgan fingerprint density at radius 1 is 1.78 bits per heavy atom. The number of rotatable bonds is 4. The second kappa shape index (κ2) is 4.79. The molecule has 0 rings (SSSR count). The molecule has 0 fully saturated rings. The Morgan fingerprint density at radius 2 is 2.33 bits per heavy atom. The summed E-state index contributed by atoms with van der Waals surface area (Å²) in [7, 11) is 0. The first-order chi connectivity index (χ1) is 4.16. The zero-order valence-corrected chi connectivity index (χ0v) is 7.15. The average molecular weight is 194 g/mol. The summed E-state index contributed by atoms with van der Waals surface area (Å²) in [6.45, 7) is 2.08. The number of carbonyl (C=O) groups is 1. The van der Waals surface area contributed by atoms with E-state index in [1.807, 2.05) is 0 Å². The molecule has 0 saturated heterocycles. The summed E-state index contributed by atoms with van der Waals surface area (Å²) in [6.07, 6.45) is 1.40. The van der Waals surface area contributed by atoms with Gasteiger partial charge >= 0.3 is 0 Å². The predicted molar refractivity (Wildman–Crippen MR) is 41.4 cm³/mol. The molecule has 3 heteroatoms. The molecule has 1 amide bonds. The van der Waals surface area contributed by atoms with Crippen LogP contribution in [0.2, 0.25) is 0 Å². The fraction of sp³-hybridized carbons (Fsp3) is 0.833. The molecule has 2 N–H and O–H groups in total. The molecule has 54 valence electrons. The van der Waals surface area contributed by atoms with Crippen LogP contribution < -0.4 is 5.73 Å². The topological polar surface area (TPSA) is 43.1 Å². The third-order valence-electron chi connectivity index (χ3n) is 1.15. The van der Waals surface area contributed by atoms with Crippen molar-refractivity contribution in [3.8, 4) is 0 Å². The number of primary amides is 1. The Hall–Kier alpha value is -0.0500. The molecular formula is C6H12BrNO. The second-order valence-corrected chi connectivity index (χ2v) is 2.91. The first kappa shape index (κ1) is 8.95. The van der Waals surface area contributed by atoms with Crippen molar-refractivity contribution in [2.75, 3.05) is 5.33 Å². The summed E-state index contributed by atoms with van der Waals surface area (Å²) in [5, 5.41) is 0.945. The SMILES string of the molecule is CC(CBr)CCC(N)=O. The van der Waals surface area contributed by atoms with Gasteiger partial charge in [0.2, 0.25) is 5.91 Å². The molecular weight excluding hydrogens is 182 g/mol. The molecule has 0 aromatic heterocycles. The van der Waals surface area contributed by atoms with Crippen LogP contribution in [-0.4, -0.2) is 11.2 Å². The highest BCUT2D eigenvalue weighted by atomic mass is 79.9. The summed E-state index contributed by atoms with van der Waals surface area (Å²) >= 11 is 3.31. The van der Waals surface area contributed by atoms with E-state index in [2.05, 4.69) is 22.9 Å². The Balaban J connectivity index is 3.16. The monoisotopic (exact) mass is 193 g/mol. The van der Waals surface area contributed by atoms with Crippen molar-refractivity contribution in [1.82, 2.24) is 0 Å². The molecule has 9 heavy (non-hydrogen) atoms. The third kappa shape index (κ3) is 5.83. The van der Waals surface area contributed by atoms with E-state index >= 15 is 0 Å². The van der Waals surface area contributed by atoms with Gasteiger partial charge in [0.05, 0.1) is 0 Å². The van der Waals surface area contributed by atoms with Crippen molar-refractivity contribution < 1.29 is 4.79 Å². The predicted octanol–water partition coefficient (Wildman–Crippen LogP) is 1.28. The lowest BCUT2D eigenvalue weighted by Crippen LogP contribution is -2.12. The normalized spacial score (nSPS) is 13.1. The van der Waals surface area contributed by atoms with Gasteiger partial charge in [-0.2, -0.15) is 0 Å². The lowest BCUT2D eigenvalue weighted by Gasteiger charge is -2.02. The molecule has 2 nitrogen and oxygen atoms in total. The van der Waals surface area contributed by atoms with Gasteiger partial charge in [-0.3, -0.25) is 4.79 Å². The highest BCUT2D eigenvalue weighted by Crippen LogP contribution is 2.07. The number of halogens is 1. The number of hydrogen-bond acceptors (Lipinski definition) is 1. The highest BCUT2D eigenvalue weighted by molar-refractivity contribution is 9.09. The Labute approximate surface area is 63.9 Å². The first-order valence-corrected chi connectivity index (χ1v) is 4.13. The zero-order chi connectivity index (χ0) is 7.28. The number of hydrogen-bond donors (Lipinski definition) is 1. The summed E-state index contributed by atoms with van der Waals surface area (Å²) in [5.74, 6) is 0.347. The number of alkyl halides is 1. The molecule has 0 bridgehead atoms. The molecule has 1 atom stereocenters. The third-order valence-corrected chi connectivity index (χ3v) is 2.25. The van der Waals surface area contributed by atoms with Crippen LogP contribution in [0.5, 0.6) is 0 Å². The second-order valence-electron chi connectivity index (χ2n) is 2.26. The minimum absolute atomic E-state index is 0.206. The molecule has 0 saturated carbocycles. The number of nitrogens with two attached hydrogens (primary N) is 1. The summed E-state index contributed by atoms with van der Waals surface area (Å²) in [4.78, 5) is 10.2. The molecule has 0 aliphatic carbocycles. The van der Waals surface area contributed by atoms with Gasteiger partial charge < -0.3 is 5.73 Å². The average Bonchev–Trinajstić information content (AvgIpc) is 1.83. The Kier molecular flexibility index (Phi) is 4.77. The lowest BCUT2D eigenvalue weighted by molar-refractivity contribution is -0.118. The van der Waals surface area contributed by atoms with E-state index in [-0.39, 0.29) is 5.91 Å². The maximum atomic E-state index is 10.2. The van der Waals surface area contributed by atoms with E-state index in [1.54, 1.807) is 0 Å². The van der Waals surface area contributed by atoms with Gasteiger partial charge in [-0.15, -0.1) is 0 Å². The van der Waals surface area contributed by atoms with Crippen LogP contribution in [0, 0.1) is 5.92 Å². The standard InChI is InChI=1S/C6H12BrNO/c1-5(4-7)2-3-6(8)9/h5H,2-4H2,1H3,(H2,8,9). The van der Waals surface area contributed by atoms with Crippen LogP contribution in [0.3, 0.4) is 0 Å².